The van der Waals surface area contributed by atoms with Gasteiger partial charge >= 0.3 is 5.97 Å². The first-order valence-electron chi connectivity index (χ1n) is 5.13. The van der Waals surface area contributed by atoms with E-state index in [0.29, 0.717) is 11.5 Å². The van der Waals surface area contributed by atoms with Gasteiger partial charge in [0.15, 0.2) is 0 Å². The minimum Gasteiger partial charge on any atom is -0.463 e. The molecule has 1 heterocycles. The van der Waals surface area contributed by atoms with Crippen LogP contribution in [0.1, 0.15) is 10.6 Å². The number of benzene rings is 1. The van der Waals surface area contributed by atoms with Crippen LogP contribution in [-0.4, -0.2) is 30.9 Å². The Morgan fingerprint density at radius 3 is 2.60 bits per heavy atom. The van der Waals surface area contributed by atoms with E-state index < -0.39 is 21.8 Å². The molecule has 1 aromatic carbocycles. The number of rotatable bonds is 4. The van der Waals surface area contributed by atoms with Gasteiger partial charge in [-0.1, -0.05) is 0 Å². The normalized spacial score (nSPS) is 11.1. The van der Waals surface area contributed by atoms with Crippen molar-refractivity contribution in [2.75, 3.05) is 11.8 Å². The highest BCUT2D eigenvalue weighted by Gasteiger charge is 2.19. The molecule has 106 valence electrons. The number of sulfonamides is 1. The lowest BCUT2D eigenvalue weighted by Gasteiger charge is -2.03. The highest BCUT2D eigenvalue weighted by molar-refractivity contribution is 7.93. The van der Waals surface area contributed by atoms with Crippen LogP contribution in [0.3, 0.4) is 0 Å². The van der Waals surface area contributed by atoms with Crippen molar-refractivity contribution in [1.82, 2.24) is 9.36 Å². The summed E-state index contributed by atoms with van der Waals surface area (Å²) >= 11 is 0.692. The number of hydrogen-bond acceptors (Lipinski definition) is 7. The summed E-state index contributed by atoms with van der Waals surface area (Å²) < 4.78 is 46.8. The number of carbonyl (C=O) groups excluding carboxylic acids is 1. The maximum Gasteiger partial charge on any atom is 0.377 e. The topological polar surface area (TPSA) is 98.2 Å². The third-order valence-electron chi connectivity index (χ3n) is 2.14. The minimum atomic E-state index is -3.91. The Kier molecular flexibility index (Phi) is 3.95. The maximum absolute atomic E-state index is 12.7. The highest BCUT2D eigenvalue weighted by Crippen LogP contribution is 2.18. The van der Waals surface area contributed by atoms with Crippen molar-refractivity contribution in [2.24, 2.45) is 0 Å². The van der Waals surface area contributed by atoms with Crippen molar-refractivity contribution in [3.63, 3.8) is 0 Å². The first kappa shape index (κ1) is 14.3. The zero-order valence-corrected chi connectivity index (χ0v) is 11.7. The Labute approximate surface area is 117 Å². The Balaban J connectivity index is 2.22. The van der Waals surface area contributed by atoms with Gasteiger partial charge < -0.3 is 4.74 Å². The standard InChI is InChI=1S/C10H8FN3O4S2/c1-18-9(15)8-12-10(19-13-8)14-20(16,17)7-4-2-6(11)3-5-7/h2-5H,1H3,(H,12,13,14). The second kappa shape index (κ2) is 5.51. The van der Waals surface area contributed by atoms with Gasteiger partial charge in [-0.25, -0.2) is 17.6 Å². The predicted octanol–water partition coefficient (Wildman–Crippen LogP) is 1.26. The van der Waals surface area contributed by atoms with Crippen LogP contribution in [0.2, 0.25) is 0 Å². The van der Waals surface area contributed by atoms with Crippen LogP contribution in [0.25, 0.3) is 0 Å². The first-order chi connectivity index (χ1) is 9.42. The largest absolute Gasteiger partial charge is 0.463 e. The number of aromatic nitrogens is 2. The van der Waals surface area contributed by atoms with Crippen LogP contribution in [0.5, 0.6) is 0 Å². The molecule has 0 fully saturated rings. The number of anilines is 1. The lowest BCUT2D eigenvalue weighted by Crippen LogP contribution is -2.13. The molecule has 2 rings (SSSR count). The van der Waals surface area contributed by atoms with Crippen molar-refractivity contribution in [1.29, 1.82) is 0 Å². The zero-order chi connectivity index (χ0) is 14.8. The van der Waals surface area contributed by atoms with Crippen LogP contribution < -0.4 is 4.72 Å². The molecular weight excluding hydrogens is 309 g/mol. The fourth-order valence-corrected chi connectivity index (χ4v) is 3.01. The van der Waals surface area contributed by atoms with E-state index in [1.54, 1.807) is 0 Å². The molecule has 0 atom stereocenters. The van der Waals surface area contributed by atoms with Crippen LogP contribution in [0.4, 0.5) is 9.52 Å². The number of ether oxygens (including phenoxy) is 1. The van der Waals surface area contributed by atoms with Gasteiger partial charge in [-0.3, -0.25) is 4.72 Å². The molecule has 0 bridgehead atoms. The second-order valence-electron chi connectivity index (χ2n) is 3.47. The molecule has 0 aliphatic heterocycles. The summed E-state index contributed by atoms with van der Waals surface area (Å²) in [6.07, 6.45) is 0. The van der Waals surface area contributed by atoms with Gasteiger partial charge in [-0.05, 0) is 24.3 Å². The average Bonchev–Trinajstić information content (AvgIpc) is 2.86. The van der Waals surface area contributed by atoms with Gasteiger partial charge in [0.25, 0.3) is 15.8 Å². The smallest absolute Gasteiger partial charge is 0.377 e. The highest BCUT2D eigenvalue weighted by atomic mass is 32.2. The average molecular weight is 317 g/mol. The van der Waals surface area contributed by atoms with E-state index in [1.807, 2.05) is 0 Å². The van der Waals surface area contributed by atoms with E-state index in [2.05, 4.69) is 18.8 Å². The van der Waals surface area contributed by atoms with Gasteiger partial charge in [-0.2, -0.15) is 9.36 Å². The van der Waals surface area contributed by atoms with Crippen LogP contribution in [-0.2, 0) is 14.8 Å². The summed E-state index contributed by atoms with van der Waals surface area (Å²) in [4.78, 5) is 14.7. The molecule has 1 aromatic heterocycles. The molecular formula is C10H8FN3O4S2. The SMILES string of the molecule is COC(=O)c1nsc(NS(=O)(=O)c2ccc(F)cc2)n1. The molecule has 0 unspecified atom stereocenters. The van der Waals surface area contributed by atoms with Crippen molar-refractivity contribution in [3.8, 4) is 0 Å². The fourth-order valence-electron chi connectivity index (χ4n) is 1.23. The van der Waals surface area contributed by atoms with Crippen LogP contribution in [0.15, 0.2) is 29.2 Å². The second-order valence-corrected chi connectivity index (χ2v) is 5.91. The Hall–Kier alpha value is -2.07. The van der Waals surface area contributed by atoms with Gasteiger partial charge in [0, 0.05) is 11.5 Å². The number of hydrogen-bond donors (Lipinski definition) is 1. The van der Waals surface area contributed by atoms with Gasteiger partial charge in [-0.15, -0.1) is 0 Å². The molecule has 0 aliphatic carbocycles. The Morgan fingerprint density at radius 1 is 1.35 bits per heavy atom. The lowest BCUT2D eigenvalue weighted by molar-refractivity contribution is 0.0588. The lowest BCUT2D eigenvalue weighted by atomic mass is 10.4. The number of nitrogens with one attached hydrogen (secondary N) is 1. The monoisotopic (exact) mass is 317 g/mol. The molecule has 10 heteroatoms. The zero-order valence-electron chi connectivity index (χ0n) is 10.0. The summed E-state index contributed by atoms with van der Waals surface area (Å²) in [7, 11) is -2.75. The molecule has 7 nitrogen and oxygen atoms in total. The molecule has 20 heavy (non-hydrogen) atoms. The summed E-state index contributed by atoms with van der Waals surface area (Å²) in [6.45, 7) is 0. The molecule has 0 aliphatic rings. The van der Waals surface area contributed by atoms with Crippen molar-refractivity contribution in [2.45, 2.75) is 4.90 Å². The molecule has 0 spiro atoms. The minimum absolute atomic E-state index is 0.0882. The van der Waals surface area contributed by atoms with Crippen molar-refractivity contribution in [3.05, 3.63) is 35.9 Å². The van der Waals surface area contributed by atoms with E-state index in [0.717, 1.165) is 31.4 Å². The Bertz CT molecular complexity index is 727. The molecule has 0 saturated carbocycles. The maximum atomic E-state index is 12.7. The molecule has 2 aromatic rings. The third kappa shape index (κ3) is 3.08. The Morgan fingerprint density at radius 2 is 2.00 bits per heavy atom. The summed E-state index contributed by atoms with van der Waals surface area (Å²) in [5.74, 6) is -1.56. The number of methoxy groups -OCH3 is 1. The summed E-state index contributed by atoms with van der Waals surface area (Å²) in [5.41, 5.74) is 0. The van der Waals surface area contributed by atoms with Gasteiger partial charge in [0.1, 0.15) is 5.82 Å². The van der Waals surface area contributed by atoms with Gasteiger partial charge in [0.2, 0.25) is 5.13 Å². The van der Waals surface area contributed by atoms with Crippen molar-refractivity contribution >= 4 is 32.7 Å². The number of nitrogens with zero attached hydrogens (tertiary/aromatic N) is 2. The van der Waals surface area contributed by atoms with E-state index in [1.165, 1.54) is 0 Å². The number of halogens is 1. The summed E-state index contributed by atoms with van der Waals surface area (Å²) in [5, 5.41) is -0.0882. The van der Waals surface area contributed by atoms with Gasteiger partial charge in [0.05, 0.1) is 12.0 Å². The van der Waals surface area contributed by atoms with Crippen LogP contribution in [0, 0.1) is 5.82 Å². The molecule has 0 radical (unpaired) electrons. The van der Waals surface area contributed by atoms with E-state index in [4.69, 9.17) is 0 Å². The number of esters is 1. The summed E-state index contributed by atoms with van der Waals surface area (Å²) in [6, 6.07) is 4.27. The molecule has 0 amide bonds. The predicted molar refractivity (Wildman–Crippen MR) is 68.5 cm³/mol. The number of carbonyl (C=O) groups is 1. The fraction of sp³-hybridized carbons (Fsp3) is 0.100. The van der Waals surface area contributed by atoms with E-state index in [-0.39, 0.29) is 15.9 Å². The molecule has 1 N–H and O–H groups in total. The van der Waals surface area contributed by atoms with E-state index in [9.17, 15) is 17.6 Å². The quantitative estimate of drug-likeness (QED) is 0.853. The molecule has 0 saturated heterocycles. The van der Waals surface area contributed by atoms with Crippen LogP contribution >= 0.6 is 11.5 Å². The van der Waals surface area contributed by atoms with Crippen molar-refractivity contribution < 1.29 is 22.3 Å². The van der Waals surface area contributed by atoms with E-state index >= 15 is 0 Å². The third-order valence-corrected chi connectivity index (χ3v) is 4.25. The first-order valence-corrected chi connectivity index (χ1v) is 7.38.